The lowest BCUT2D eigenvalue weighted by Gasteiger charge is -2.05. The average molecular weight is 289 g/mol. The Morgan fingerprint density at radius 3 is 2.32 bits per heavy atom. The number of carbonyl (C=O) groups is 1. The number of carboxylic acids is 1. The SMILES string of the molecule is N#CC(C#N)=CNc1ccc(-c2cccc(C(=O)O)c2)cc1. The molecular weight excluding hydrogens is 278 g/mol. The maximum atomic E-state index is 11.0. The highest BCUT2D eigenvalue weighted by molar-refractivity contribution is 5.89. The number of rotatable bonds is 4. The van der Waals surface area contributed by atoms with Crippen LogP contribution < -0.4 is 5.32 Å². The summed E-state index contributed by atoms with van der Waals surface area (Å²) in [5.41, 5.74) is 2.62. The molecule has 0 spiro atoms. The van der Waals surface area contributed by atoms with Crippen LogP contribution in [-0.2, 0) is 0 Å². The molecule has 0 aliphatic rings. The van der Waals surface area contributed by atoms with E-state index in [1.54, 1.807) is 36.4 Å². The van der Waals surface area contributed by atoms with E-state index in [4.69, 9.17) is 15.6 Å². The van der Waals surface area contributed by atoms with Crippen LogP contribution in [-0.4, -0.2) is 11.1 Å². The molecule has 2 rings (SSSR count). The Morgan fingerprint density at radius 1 is 1.05 bits per heavy atom. The number of anilines is 1. The Bertz CT molecular complexity index is 793. The summed E-state index contributed by atoms with van der Waals surface area (Å²) in [5, 5.41) is 29.1. The van der Waals surface area contributed by atoms with E-state index in [0.29, 0.717) is 0 Å². The van der Waals surface area contributed by atoms with E-state index >= 15 is 0 Å². The van der Waals surface area contributed by atoms with Crippen molar-refractivity contribution in [1.29, 1.82) is 10.5 Å². The Balaban J connectivity index is 2.21. The Labute approximate surface area is 127 Å². The molecule has 0 saturated carbocycles. The number of carboxylic acid groups (broad SMARTS) is 1. The number of nitrogens with one attached hydrogen (secondary N) is 1. The van der Waals surface area contributed by atoms with E-state index in [2.05, 4.69) is 5.32 Å². The standard InChI is InChI=1S/C17H11N3O2/c18-9-12(10-19)11-20-16-6-4-13(5-7-16)14-2-1-3-15(8-14)17(21)22/h1-8,11,20H,(H,21,22). The van der Waals surface area contributed by atoms with Gasteiger partial charge < -0.3 is 10.4 Å². The van der Waals surface area contributed by atoms with Crippen molar-refractivity contribution in [3.05, 3.63) is 65.9 Å². The Morgan fingerprint density at radius 2 is 1.73 bits per heavy atom. The lowest BCUT2D eigenvalue weighted by atomic mass is 10.0. The first-order chi connectivity index (χ1) is 10.6. The van der Waals surface area contributed by atoms with Crippen molar-refractivity contribution < 1.29 is 9.90 Å². The van der Waals surface area contributed by atoms with Gasteiger partial charge in [-0.2, -0.15) is 10.5 Å². The highest BCUT2D eigenvalue weighted by Crippen LogP contribution is 2.22. The Hall–Kier alpha value is -3.57. The predicted molar refractivity (Wildman–Crippen MR) is 81.8 cm³/mol. The van der Waals surface area contributed by atoms with Gasteiger partial charge in [0.15, 0.2) is 0 Å². The van der Waals surface area contributed by atoms with E-state index in [-0.39, 0.29) is 11.1 Å². The van der Waals surface area contributed by atoms with Crippen molar-refractivity contribution in [3.8, 4) is 23.3 Å². The van der Waals surface area contributed by atoms with Crippen molar-refractivity contribution in [1.82, 2.24) is 0 Å². The molecule has 0 saturated heterocycles. The summed E-state index contributed by atoms with van der Waals surface area (Å²) < 4.78 is 0. The maximum Gasteiger partial charge on any atom is 0.335 e. The molecule has 22 heavy (non-hydrogen) atoms. The quantitative estimate of drug-likeness (QED) is 0.841. The number of benzene rings is 2. The minimum atomic E-state index is -0.967. The fourth-order valence-corrected chi connectivity index (χ4v) is 1.84. The normalized spacial score (nSPS) is 9.18. The summed E-state index contributed by atoms with van der Waals surface area (Å²) in [6.07, 6.45) is 1.33. The van der Waals surface area contributed by atoms with E-state index in [9.17, 15) is 4.79 Å². The third-order valence-electron chi connectivity index (χ3n) is 2.95. The van der Waals surface area contributed by atoms with E-state index in [1.807, 2.05) is 18.2 Å². The number of hydrogen-bond donors (Lipinski definition) is 2. The monoisotopic (exact) mass is 289 g/mol. The molecule has 0 aromatic heterocycles. The molecule has 0 radical (unpaired) electrons. The van der Waals surface area contributed by atoms with Gasteiger partial charge in [-0.3, -0.25) is 0 Å². The number of nitrogens with zero attached hydrogens (tertiary/aromatic N) is 2. The number of nitriles is 2. The first-order valence-electron chi connectivity index (χ1n) is 6.35. The second kappa shape index (κ2) is 6.74. The van der Waals surface area contributed by atoms with Gasteiger partial charge >= 0.3 is 5.97 Å². The van der Waals surface area contributed by atoms with Gasteiger partial charge in [-0.05, 0) is 35.4 Å². The van der Waals surface area contributed by atoms with Crippen LogP contribution in [0.25, 0.3) is 11.1 Å². The molecule has 0 unspecified atom stereocenters. The van der Waals surface area contributed by atoms with E-state index in [1.165, 1.54) is 12.3 Å². The minimum Gasteiger partial charge on any atom is -0.478 e. The fraction of sp³-hybridized carbons (Fsp3) is 0. The largest absolute Gasteiger partial charge is 0.478 e. The zero-order valence-corrected chi connectivity index (χ0v) is 11.4. The van der Waals surface area contributed by atoms with Gasteiger partial charge in [0.05, 0.1) is 5.56 Å². The minimum absolute atomic E-state index is 0.0155. The molecule has 2 aromatic rings. The summed E-state index contributed by atoms with van der Waals surface area (Å²) in [6, 6.07) is 17.4. The molecule has 2 aromatic carbocycles. The van der Waals surface area contributed by atoms with Crippen LogP contribution in [0, 0.1) is 22.7 Å². The van der Waals surface area contributed by atoms with Crippen LogP contribution in [0.5, 0.6) is 0 Å². The van der Waals surface area contributed by atoms with Gasteiger partial charge in [0.1, 0.15) is 17.7 Å². The number of allylic oxidation sites excluding steroid dienone is 1. The van der Waals surface area contributed by atoms with Gasteiger partial charge in [-0.25, -0.2) is 4.79 Å². The molecule has 0 atom stereocenters. The molecule has 5 nitrogen and oxygen atoms in total. The summed E-state index contributed by atoms with van der Waals surface area (Å²) in [6.45, 7) is 0. The van der Waals surface area contributed by atoms with Crippen molar-refractivity contribution in [3.63, 3.8) is 0 Å². The molecule has 0 fully saturated rings. The lowest BCUT2D eigenvalue weighted by molar-refractivity contribution is 0.0697. The predicted octanol–water partition coefficient (Wildman–Crippen LogP) is 3.39. The highest BCUT2D eigenvalue weighted by Gasteiger charge is 2.04. The second-order valence-electron chi connectivity index (χ2n) is 4.39. The molecule has 0 heterocycles. The van der Waals surface area contributed by atoms with Gasteiger partial charge in [0, 0.05) is 11.9 Å². The Kier molecular flexibility index (Phi) is 4.54. The lowest BCUT2D eigenvalue weighted by Crippen LogP contribution is -1.95. The van der Waals surface area contributed by atoms with Crippen molar-refractivity contribution in [2.45, 2.75) is 0 Å². The number of aromatic carboxylic acids is 1. The van der Waals surface area contributed by atoms with Gasteiger partial charge in [-0.1, -0.05) is 24.3 Å². The molecule has 0 aliphatic heterocycles. The fourth-order valence-electron chi connectivity index (χ4n) is 1.84. The van der Waals surface area contributed by atoms with Crippen molar-refractivity contribution in [2.24, 2.45) is 0 Å². The highest BCUT2D eigenvalue weighted by atomic mass is 16.4. The third-order valence-corrected chi connectivity index (χ3v) is 2.95. The summed E-state index contributed by atoms with van der Waals surface area (Å²) >= 11 is 0. The smallest absolute Gasteiger partial charge is 0.335 e. The molecule has 0 aliphatic carbocycles. The molecule has 0 bridgehead atoms. The maximum absolute atomic E-state index is 11.0. The molecule has 0 amide bonds. The van der Waals surface area contributed by atoms with Gasteiger partial charge in [0.2, 0.25) is 0 Å². The van der Waals surface area contributed by atoms with Crippen molar-refractivity contribution in [2.75, 3.05) is 5.32 Å². The number of hydrogen-bond acceptors (Lipinski definition) is 4. The topological polar surface area (TPSA) is 96.9 Å². The molecular formula is C17H11N3O2. The van der Waals surface area contributed by atoms with E-state index in [0.717, 1.165) is 16.8 Å². The van der Waals surface area contributed by atoms with Crippen LogP contribution in [0.1, 0.15) is 10.4 Å². The summed E-state index contributed by atoms with van der Waals surface area (Å²) in [5.74, 6) is -0.967. The zero-order valence-electron chi connectivity index (χ0n) is 11.4. The van der Waals surface area contributed by atoms with Crippen LogP contribution in [0.15, 0.2) is 60.3 Å². The van der Waals surface area contributed by atoms with Crippen LogP contribution in [0.2, 0.25) is 0 Å². The first-order valence-corrected chi connectivity index (χ1v) is 6.35. The second-order valence-corrected chi connectivity index (χ2v) is 4.39. The van der Waals surface area contributed by atoms with Crippen molar-refractivity contribution >= 4 is 11.7 Å². The van der Waals surface area contributed by atoms with Crippen LogP contribution in [0.3, 0.4) is 0 Å². The molecule has 106 valence electrons. The van der Waals surface area contributed by atoms with Gasteiger partial charge in [0.25, 0.3) is 0 Å². The molecule has 5 heteroatoms. The van der Waals surface area contributed by atoms with Crippen LogP contribution in [0.4, 0.5) is 5.69 Å². The third kappa shape index (κ3) is 3.50. The van der Waals surface area contributed by atoms with Gasteiger partial charge in [-0.15, -0.1) is 0 Å². The van der Waals surface area contributed by atoms with E-state index < -0.39 is 5.97 Å². The zero-order chi connectivity index (χ0) is 15.9. The first kappa shape index (κ1) is 14.8. The average Bonchev–Trinajstić information content (AvgIpc) is 2.56. The summed E-state index contributed by atoms with van der Waals surface area (Å²) in [4.78, 5) is 11.0. The summed E-state index contributed by atoms with van der Waals surface area (Å²) in [7, 11) is 0. The van der Waals surface area contributed by atoms with Crippen LogP contribution >= 0.6 is 0 Å². The molecule has 2 N–H and O–H groups in total.